The smallest absolute Gasteiger partial charge is 0.264 e. The van der Waals surface area contributed by atoms with Gasteiger partial charge >= 0.3 is 0 Å². The zero-order valence-electron chi connectivity index (χ0n) is 15.5. The minimum Gasteiger partial charge on any atom is -0.508 e. The molecule has 0 radical (unpaired) electrons. The quantitative estimate of drug-likeness (QED) is 0.662. The van der Waals surface area contributed by atoms with E-state index in [1.807, 2.05) is 12.1 Å². The lowest BCUT2D eigenvalue weighted by atomic mass is 10.0. The SMILES string of the molecule is O=C1CCC(N2C(=O)c3cccc(NCCc4ccc(O)cc4)c3C2=O)C(=O)N1. The van der Waals surface area contributed by atoms with Crippen molar-refractivity contribution in [3.8, 4) is 5.75 Å². The van der Waals surface area contributed by atoms with Gasteiger partial charge in [-0.25, -0.2) is 0 Å². The topological polar surface area (TPSA) is 116 Å². The third-order valence-electron chi connectivity index (χ3n) is 5.13. The van der Waals surface area contributed by atoms with Crippen LogP contribution in [-0.2, 0) is 16.0 Å². The molecule has 0 bridgehead atoms. The second-order valence-corrected chi connectivity index (χ2v) is 7.02. The number of imide groups is 2. The number of hydrogen-bond acceptors (Lipinski definition) is 6. The van der Waals surface area contributed by atoms with Gasteiger partial charge < -0.3 is 10.4 Å². The van der Waals surface area contributed by atoms with E-state index in [9.17, 15) is 24.3 Å². The molecule has 2 aromatic carbocycles. The molecule has 0 spiro atoms. The minimum atomic E-state index is -0.982. The van der Waals surface area contributed by atoms with Crippen LogP contribution >= 0.6 is 0 Å². The molecule has 148 valence electrons. The molecule has 4 amide bonds. The zero-order valence-corrected chi connectivity index (χ0v) is 15.5. The molecule has 1 unspecified atom stereocenters. The highest BCUT2D eigenvalue weighted by molar-refractivity contribution is 6.25. The van der Waals surface area contributed by atoms with Gasteiger partial charge in [-0.3, -0.25) is 29.4 Å². The summed E-state index contributed by atoms with van der Waals surface area (Å²) in [6.07, 6.45) is 0.865. The van der Waals surface area contributed by atoms with E-state index in [0.29, 0.717) is 18.7 Å². The standard InChI is InChI=1S/C21H19N3O5/c25-13-6-4-12(5-7-13)10-11-22-15-3-1-2-14-18(15)21(29)24(20(14)28)16-8-9-17(26)23-19(16)27/h1-7,16,22,25H,8-11H2,(H,23,26,27). The van der Waals surface area contributed by atoms with Gasteiger partial charge in [-0.15, -0.1) is 0 Å². The average molecular weight is 393 g/mol. The second kappa shape index (κ2) is 7.38. The Morgan fingerprint density at radius 1 is 1.03 bits per heavy atom. The van der Waals surface area contributed by atoms with Crippen molar-refractivity contribution in [1.82, 2.24) is 10.2 Å². The van der Waals surface area contributed by atoms with Gasteiger partial charge in [-0.1, -0.05) is 18.2 Å². The highest BCUT2D eigenvalue weighted by Crippen LogP contribution is 2.32. The molecule has 4 rings (SSSR count). The summed E-state index contributed by atoms with van der Waals surface area (Å²) < 4.78 is 0. The molecule has 1 fully saturated rings. The predicted octanol–water partition coefficient (Wildman–Crippen LogP) is 1.45. The van der Waals surface area contributed by atoms with E-state index in [2.05, 4.69) is 10.6 Å². The highest BCUT2D eigenvalue weighted by Gasteiger charge is 2.45. The van der Waals surface area contributed by atoms with Crippen LogP contribution in [0, 0.1) is 0 Å². The molecule has 1 atom stereocenters. The Kier molecular flexibility index (Phi) is 4.75. The molecule has 2 aliphatic heterocycles. The molecule has 2 aliphatic rings. The van der Waals surface area contributed by atoms with Crippen LogP contribution in [0.2, 0.25) is 0 Å². The van der Waals surface area contributed by atoms with E-state index in [1.165, 1.54) is 0 Å². The number of aromatic hydroxyl groups is 1. The molecule has 3 N–H and O–H groups in total. The Bertz CT molecular complexity index is 1020. The number of carbonyl (C=O) groups excluding carboxylic acids is 4. The number of phenols is 1. The Balaban J connectivity index is 1.52. The summed E-state index contributed by atoms with van der Waals surface area (Å²) in [4.78, 5) is 50.3. The molecule has 2 aromatic rings. The lowest BCUT2D eigenvalue weighted by molar-refractivity contribution is -0.136. The number of anilines is 1. The first kappa shape index (κ1) is 18.7. The fourth-order valence-corrected chi connectivity index (χ4v) is 3.67. The number of piperidine rings is 1. The third kappa shape index (κ3) is 3.44. The molecular formula is C21H19N3O5. The minimum absolute atomic E-state index is 0.0849. The normalized spacial score (nSPS) is 18.6. The van der Waals surface area contributed by atoms with E-state index in [0.717, 1.165) is 10.5 Å². The van der Waals surface area contributed by atoms with Crippen LogP contribution in [0.25, 0.3) is 0 Å². The first-order chi connectivity index (χ1) is 14.0. The van der Waals surface area contributed by atoms with Crippen LogP contribution in [0.4, 0.5) is 5.69 Å². The zero-order chi connectivity index (χ0) is 20.5. The maximum Gasteiger partial charge on any atom is 0.264 e. The lowest BCUT2D eigenvalue weighted by Crippen LogP contribution is -2.54. The summed E-state index contributed by atoms with van der Waals surface area (Å²) in [5, 5.41) is 14.7. The van der Waals surface area contributed by atoms with E-state index in [-0.39, 0.29) is 29.7 Å². The number of fused-ring (bicyclic) bond motifs is 1. The number of benzene rings is 2. The number of nitrogens with one attached hydrogen (secondary N) is 2. The fraction of sp³-hybridized carbons (Fsp3) is 0.238. The van der Waals surface area contributed by atoms with E-state index in [1.54, 1.807) is 30.3 Å². The van der Waals surface area contributed by atoms with Crippen LogP contribution in [0.15, 0.2) is 42.5 Å². The Hall–Kier alpha value is -3.68. The van der Waals surface area contributed by atoms with Crippen molar-refractivity contribution < 1.29 is 24.3 Å². The first-order valence-corrected chi connectivity index (χ1v) is 9.32. The number of rotatable bonds is 5. The van der Waals surface area contributed by atoms with Gasteiger partial charge in [-0.2, -0.15) is 0 Å². The van der Waals surface area contributed by atoms with Crippen molar-refractivity contribution in [1.29, 1.82) is 0 Å². The predicted molar refractivity (Wildman–Crippen MR) is 103 cm³/mol. The largest absolute Gasteiger partial charge is 0.508 e. The van der Waals surface area contributed by atoms with E-state index in [4.69, 9.17) is 0 Å². The third-order valence-corrected chi connectivity index (χ3v) is 5.13. The summed E-state index contributed by atoms with van der Waals surface area (Å²) in [5.74, 6) is -1.90. The number of amides is 4. The molecule has 0 aromatic heterocycles. The highest BCUT2D eigenvalue weighted by atomic mass is 16.3. The monoisotopic (exact) mass is 393 g/mol. The molecule has 0 aliphatic carbocycles. The molecule has 8 heteroatoms. The summed E-state index contributed by atoms with van der Waals surface area (Å²) in [6.45, 7) is 0.515. The van der Waals surface area contributed by atoms with Gasteiger partial charge in [0.2, 0.25) is 11.8 Å². The maximum atomic E-state index is 13.0. The van der Waals surface area contributed by atoms with Gasteiger partial charge in [0, 0.05) is 18.7 Å². The van der Waals surface area contributed by atoms with Crippen LogP contribution in [0.1, 0.15) is 39.1 Å². The van der Waals surface area contributed by atoms with Gasteiger partial charge in [0.25, 0.3) is 11.8 Å². The van der Waals surface area contributed by atoms with Gasteiger partial charge in [-0.05, 0) is 42.7 Å². The Morgan fingerprint density at radius 3 is 2.52 bits per heavy atom. The average Bonchev–Trinajstić information content (AvgIpc) is 2.95. The lowest BCUT2D eigenvalue weighted by Gasteiger charge is -2.27. The van der Waals surface area contributed by atoms with E-state index >= 15 is 0 Å². The van der Waals surface area contributed by atoms with Crippen molar-refractivity contribution in [2.75, 3.05) is 11.9 Å². The van der Waals surface area contributed by atoms with Crippen LogP contribution in [0.3, 0.4) is 0 Å². The Labute approximate surface area is 166 Å². The van der Waals surface area contributed by atoms with Crippen LogP contribution in [0.5, 0.6) is 5.75 Å². The molecule has 8 nitrogen and oxygen atoms in total. The summed E-state index contributed by atoms with van der Waals surface area (Å²) >= 11 is 0. The summed E-state index contributed by atoms with van der Waals surface area (Å²) in [6, 6.07) is 10.8. The van der Waals surface area contributed by atoms with Gasteiger partial charge in [0.15, 0.2) is 0 Å². The number of hydrogen-bond donors (Lipinski definition) is 3. The number of phenolic OH excluding ortho intramolecular Hbond substituents is 1. The number of carbonyl (C=O) groups is 4. The van der Waals surface area contributed by atoms with Crippen molar-refractivity contribution >= 4 is 29.3 Å². The first-order valence-electron chi connectivity index (χ1n) is 9.32. The van der Waals surface area contributed by atoms with Crippen molar-refractivity contribution in [3.05, 3.63) is 59.2 Å². The fourth-order valence-electron chi connectivity index (χ4n) is 3.67. The van der Waals surface area contributed by atoms with Crippen LogP contribution < -0.4 is 10.6 Å². The van der Waals surface area contributed by atoms with Gasteiger partial charge in [0.05, 0.1) is 11.1 Å². The number of nitrogens with zero attached hydrogens (tertiary/aromatic N) is 1. The van der Waals surface area contributed by atoms with Gasteiger partial charge in [0.1, 0.15) is 11.8 Å². The second-order valence-electron chi connectivity index (χ2n) is 7.02. The van der Waals surface area contributed by atoms with Crippen molar-refractivity contribution in [2.24, 2.45) is 0 Å². The summed E-state index contributed by atoms with van der Waals surface area (Å²) in [5.41, 5.74) is 2.02. The molecule has 2 heterocycles. The Morgan fingerprint density at radius 2 is 1.79 bits per heavy atom. The summed E-state index contributed by atoms with van der Waals surface area (Å²) in [7, 11) is 0. The molecular weight excluding hydrogens is 374 g/mol. The molecule has 29 heavy (non-hydrogen) atoms. The van der Waals surface area contributed by atoms with Crippen molar-refractivity contribution in [3.63, 3.8) is 0 Å². The maximum absolute atomic E-state index is 13.0. The van der Waals surface area contributed by atoms with Crippen LogP contribution in [-0.4, -0.2) is 46.2 Å². The molecule has 1 saturated heterocycles. The van der Waals surface area contributed by atoms with E-state index < -0.39 is 29.7 Å². The van der Waals surface area contributed by atoms with Crippen molar-refractivity contribution in [2.45, 2.75) is 25.3 Å². The molecule has 0 saturated carbocycles.